The minimum absolute atomic E-state index is 0.409. The van der Waals surface area contributed by atoms with Crippen LogP contribution in [0, 0.1) is 0 Å². The highest BCUT2D eigenvalue weighted by molar-refractivity contribution is 6.30. The Morgan fingerprint density at radius 2 is 1.73 bits per heavy atom. The second-order valence-corrected chi connectivity index (χ2v) is 10.9. The molecule has 3 aromatic heterocycles. The summed E-state index contributed by atoms with van der Waals surface area (Å²) in [5.41, 5.74) is 3.52. The molecule has 40 heavy (non-hydrogen) atoms. The van der Waals surface area contributed by atoms with Crippen molar-refractivity contribution in [2.45, 2.75) is 32.8 Å². The summed E-state index contributed by atoms with van der Waals surface area (Å²) in [4.78, 5) is 25.6. The largest absolute Gasteiger partial charge is 0.443 e. The van der Waals surface area contributed by atoms with Gasteiger partial charge in [-0.1, -0.05) is 59.3 Å². The third-order valence-electron chi connectivity index (χ3n) is 6.42. The van der Waals surface area contributed by atoms with E-state index in [1.54, 1.807) is 27.6 Å². The van der Waals surface area contributed by atoms with Crippen LogP contribution in [0.1, 0.15) is 32.0 Å². The number of aromatic nitrogens is 4. The minimum Gasteiger partial charge on any atom is -0.443 e. The molecule has 0 fully saturated rings. The van der Waals surface area contributed by atoms with Crippen LogP contribution in [0.5, 0.6) is 0 Å². The van der Waals surface area contributed by atoms with Gasteiger partial charge in [-0.05, 0) is 56.7 Å². The van der Waals surface area contributed by atoms with Crippen LogP contribution in [0.3, 0.4) is 0 Å². The van der Waals surface area contributed by atoms with Gasteiger partial charge in [0, 0.05) is 39.5 Å². The summed E-state index contributed by atoms with van der Waals surface area (Å²) in [5.74, 6) is 0. The van der Waals surface area contributed by atoms with Gasteiger partial charge in [0.15, 0.2) is 5.58 Å². The van der Waals surface area contributed by atoms with Crippen molar-refractivity contribution in [2.75, 3.05) is 0 Å². The van der Waals surface area contributed by atoms with E-state index in [2.05, 4.69) is 10.3 Å². The molecule has 200 valence electrons. The molecule has 3 aromatic carbocycles. The van der Waals surface area contributed by atoms with Crippen LogP contribution < -0.4 is 5.63 Å². The monoisotopic (exact) mass is 552 g/mol. The first-order valence-corrected chi connectivity index (χ1v) is 13.1. The molecule has 6 aromatic rings. The minimum atomic E-state index is -0.693. The van der Waals surface area contributed by atoms with Crippen LogP contribution in [0.2, 0.25) is 5.02 Å². The summed E-state index contributed by atoms with van der Waals surface area (Å²) in [6.07, 6.45) is 1.76. The van der Waals surface area contributed by atoms with Crippen LogP contribution in [0.4, 0.5) is 4.79 Å². The van der Waals surface area contributed by atoms with Crippen molar-refractivity contribution in [1.82, 2.24) is 19.6 Å². The molecule has 3 heterocycles. The first-order chi connectivity index (χ1) is 19.2. The van der Waals surface area contributed by atoms with E-state index in [1.165, 1.54) is 6.07 Å². The Morgan fingerprint density at radius 1 is 0.975 bits per heavy atom. The van der Waals surface area contributed by atoms with Gasteiger partial charge >= 0.3 is 11.7 Å². The van der Waals surface area contributed by atoms with Gasteiger partial charge in [-0.2, -0.15) is 0 Å². The number of nitrogens with zero attached hydrogens (tertiary/aromatic N) is 4. The summed E-state index contributed by atoms with van der Waals surface area (Å²) in [6.45, 7) is 5.51. The highest BCUT2D eigenvalue weighted by atomic mass is 35.5. The van der Waals surface area contributed by atoms with E-state index < -0.39 is 17.3 Å². The Labute approximate surface area is 234 Å². The molecule has 0 aliphatic carbocycles. The quantitative estimate of drug-likeness (QED) is 0.218. The van der Waals surface area contributed by atoms with Crippen LogP contribution in [0.15, 0.2) is 94.3 Å². The first-order valence-electron chi connectivity index (χ1n) is 12.7. The number of hydrogen-bond acceptors (Lipinski definition) is 6. The molecule has 0 saturated heterocycles. The zero-order valence-corrected chi connectivity index (χ0v) is 22.8. The molecule has 9 heteroatoms. The molecule has 0 saturated carbocycles. The van der Waals surface area contributed by atoms with E-state index in [4.69, 9.17) is 20.8 Å². The number of carbonyl (C=O) groups is 1. The van der Waals surface area contributed by atoms with E-state index in [-0.39, 0.29) is 0 Å². The summed E-state index contributed by atoms with van der Waals surface area (Å²) in [5, 5.41) is 11.0. The average Bonchev–Trinajstić information content (AvgIpc) is 3.53. The van der Waals surface area contributed by atoms with Gasteiger partial charge in [0.2, 0.25) is 0 Å². The number of carbonyl (C=O) groups excluding carboxylic acids is 1. The number of hydrogen-bond donors (Lipinski definition) is 0. The molecular formula is C31H25ClN4O4. The molecular weight excluding hydrogens is 528 g/mol. The van der Waals surface area contributed by atoms with Gasteiger partial charge in [0.05, 0.1) is 11.7 Å². The Morgan fingerprint density at radius 3 is 2.50 bits per heavy atom. The molecule has 0 aliphatic heterocycles. The first kappa shape index (κ1) is 25.6. The third kappa shape index (κ3) is 4.89. The maximum absolute atomic E-state index is 13.6. The van der Waals surface area contributed by atoms with Crippen molar-refractivity contribution in [3.8, 4) is 16.9 Å². The van der Waals surface area contributed by atoms with Crippen molar-refractivity contribution in [1.29, 1.82) is 0 Å². The average molecular weight is 553 g/mol. The second-order valence-electron chi connectivity index (χ2n) is 10.5. The zero-order chi connectivity index (χ0) is 28.0. The Kier molecular flexibility index (Phi) is 6.27. The van der Waals surface area contributed by atoms with Gasteiger partial charge in [0.1, 0.15) is 17.0 Å². The normalized spacial score (nSPS) is 11.8. The maximum Gasteiger partial charge on any atom is 0.419 e. The molecule has 0 spiro atoms. The van der Waals surface area contributed by atoms with Gasteiger partial charge in [-0.25, -0.2) is 18.8 Å². The highest BCUT2D eigenvalue weighted by Gasteiger charge is 2.25. The van der Waals surface area contributed by atoms with E-state index in [1.807, 2.05) is 81.4 Å². The fourth-order valence-corrected chi connectivity index (χ4v) is 4.87. The van der Waals surface area contributed by atoms with Crippen molar-refractivity contribution in [2.24, 2.45) is 0 Å². The Balaban J connectivity index is 1.51. The predicted molar refractivity (Wildman–Crippen MR) is 154 cm³/mol. The van der Waals surface area contributed by atoms with E-state index in [0.717, 1.165) is 22.0 Å². The summed E-state index contributed by atoms with van der Waals surface area (Å²) in [7, 11) is 0. The van der Waals surface area contributed by atoms with Crippen LogP contribution >= 0.6 is 11.6 Å². The number of fused-ring (bicyclic) bond motifs is 2. The van der Waals surface area contributed by atoms with Crippen molar-refractivity contribution in [3.05, 3.63) is 112 Å². The summed E-state index contributed by atoms with van der Waals surface area (Å²) < 4.78 is 14.5. The second kappa shape index (κ2) is 9.81. The topological polar surface area (TPSA) is 92.2 Å². The molecule has 0 N–H and O–H groups in total. The standard InChI is InChI=1S/C31H25ClN4O4/c1-31(2,3)40-30(38)36-23(16-19-10-13-22(32)14-11-19)17-21-7-4-8-24(28(21)36)25-18-35(34-33-25)26-9-5-6-20-12-15-27(37)39-29(20)26/h4-15,17-18H,16H2,1-3H3. The Hall–Kier alpha value is -4.69. The zero-order valence-electron chi connectivity index (χ0n) is 22.1. The summed E-state index contributed by atoms with van der Waals surface area (Å²) in [6, 6.07) is 23.9. The summed E-state index contributed by atoms with van der Waals surface area (Å²) >= 11 is 6.09. The number of ether oxygens (including phenoxy) is 1. The highest BCUT2D eigenvalue weighted by Crippen LogP contribution is 2.33. The lowest BCUT2D eigenvalue weighted by molar-refractivity contribution is 0.0541. The number of benzene rings is 3. The van der Waals surface area contributed by atoms with E-state index >= 15 is 0 Å². The number of halogens is 1. The molecule has 0 radical (unpaired) electrons. The van der Waals surface area contributed by atoms with Gasteiger partial charge in [-0.3, -0.25) is 0 Å². The lowest BCUT2D eigenvalue weighted by atomic mass is 10.1. The van der Waals surface area contributed by atoms with Crippen LogP contribution in [0.25, 0.3) is 38.8 Å². The predicted octanol–water partition coefficient (Wildman–Crippen LogP) is 7.02. The Bertz CT molecular complexity index is 1950. The molecule has 0 bridgehead atoms. The molecule has 8 nitrogen and oxygen atoms in total. The molecule has 6 rings (SSSR count). The fourth-order valence-electron chi connectivity index (χ4n) is 4.74. The van der Waals surface area contributed by atoms with E-state index in [0.29, 0.717) is 39.5 Å². The lowest BCUT2D eigenvalue weighted by Gasteiger charge is -2.21. The smallest absolute Gasteiger partial charge is 0.419 e. The van der Waals surface area contributed by atoms with Crippen molar-refractivity contribution >= 4 is 39.6 Å². The van der Waals surface area contributed by atoms with Gasteiger partial charge < -0.3 is 9.15 Å². The van der Waals surface area contributed by atoms with Crippen molar-refractivity contribution in [3.63, 3.8) is 0 Å². The molecule has 0 unspecified atom stereocenters. The van der Waals surface area contributed by atoms with Gasteiger partial charge in [-0.15, -0.1) is 5.10 Å². The van der Waals surface area contributed by atoms with Crippen LogP contribution in [-0.4, -0.2) is 31.3 Å². The number of para-hydroxylation sites is 2. The van der Waals surface area contributed by atoms with E-state index in [9.17, 15) is 9.59 Å². The lowest BCUT2D eigenvalue weighted by Crippen LogP contribution is -2.28. The molecule has 0 atom stereocenters. The van der Waals surface area contributed by atoms with Gasteiger partial charge in [0.25, 0.3) is 0 Å². The maximum atomic E-state index is 13.6. The molecule has 0 amide bonds. The van der Waals surface area contributed by atoms with Crippen molar-refractivity contribution < 1.29 is 13.9 Å². The fraction of sp³-hybridized carbons (Fsp3) is 0.161. The number of rotatable bonds is 4. The third-order valence-corrected chi connectivity index (χ3v) is 6.67. The van der Waals surface area contributed by atoms with Crippen LogP contribution in [-0.2, 0) is 11.2 Å². The molecule has 0 aliphatic rings. The SMILES string of the molecule is CC(C)(C)OC(=O)n1c(Cc2ccc(Cl)cc2)cc2cccc(-c3cn(-c4cccc5ccc(=O)oc45)nn3)c21.